The van der Waals surface area contributed by atoms with Gasteiger partial charge in [0.15, 0.2) is 5.69 Å². The number of nitrogens with one attached hydrogen (secondary N) is 1. The van der Waals surface area contributed by atoms with Crippen LogP contribution in [0.1, 0.15) is 46.6 Å². The van der Waals surface area contributed by atoms with Crippen molar-refractivity contribution in [1.29, 1.82) is 0 Å². The summed E-state index contributed by atoms with van der Waals surface area (Å²) in [7, 11) is 2.09. The number of para-hydroxylation sites is 1. The largest absolute Gasteiger partial charge is 0.483 e. The molecule has 3 aliphatic rings. The van der Waals surface area contributed by atoms with Crippen molar-refractivity contribution in [3.63, 3.8) is 0 Å². The van der Waals surface area contributed by atoms with Crippen LogP contribution in [0.15, 0.2) is 30.3 Å². The molecule has 146 valence electrons. The number of ether oxygens (including phenoxy) is 1. The molecule has 1 aromatic carbocycles. The first-order valence-corrected chi connectivity index (χ1v) is 10.1. The number of hydrogen-bond donors (Lipinski definition) is 1. The van der Waals surface area contributed by atoms with Crippen LogP contribution in [0.4, 0.5) is 0 Å². The molecule has 0 saturated carbocycles. The van der Waals surface area contributed by atoms with Crippen molar-refractivity contribution in [2.75, 3.05) is 26.7 Å². The number of nitrogens with zero attached hydrogens (tertiary/aromatic N) is 3. The van der Waals surface area contributed by atoms with Crippen LogP contribution in [-0.4, -0.2) is 58.2 Å². The van der Waals surface area contributed by atoms with Gasteiger partial charge in [-0.3, -0.25) is 9.89 Å². The maximum Gasteiger partial charge on any atom is 0.274 e. The fraction of sp³-hybridized carbons (Fsp3) is 0.455. The predicted octanol–water partition coefficient (Wildman–Crippen LogP) is 2.87. The van der Waals surface area contributed by atoms with Crippen molar-refractivity contribution in [1.82, 2.24) is 20.0 Å². The van der Waals surface area contributed by atoms with Crippen molar-refractivity contribution >= 4 is 12.0 Å². The molecule has 1 aromatic heterocycles. The van der Waals surface area contributed by atoms with Crippen molar-refractivity contribution < 1.29 is 9.53 Å². The van der Waals surface area contributed by atoms with E-state index in [9.17, 15) is 4.79 Å². The number of aromatic nitrogens is 2. The van der Waals surface area contributed by atoms with Crippen LogP contribution in [0.2, 0.25) is 0 Å². The Labute approximate surface area is 165 Å². The Morgan fingerprint density at radius 2 is 2.11 bits per heavy atom. The van der Waals surface area contributed by atoms with Gasteiger partial charge in [0.25, 0.3) is 5.91 Å². The van der Waals surface area contributed by atoms with E-state index in [1.165, 1.54) is 0 Å². The Balaban J connectivity index is 1.33. The zero-order valence-corrected chi connectivity index (χ0v) is 16.3. The summed E-state index contributed by atoms with van der Waals surface area (Å²) in [5, 5.41) is 7.47. The molecule has 1 saturated heterocycles. The summed E-state index contributed by atoms with van der Waals surface area (Å²) < 4.78 is 6.41. The molecule has 1 amide bonds. The fourth-order valence-electron chi connectivity index (χ4n) is 4.56. The first kappa shape index (κ1) is 17.5. The zero-order valence-electron chi connectivity index (χ0n) is 16.3. The summed E-state index contributed by atoms with van der Waals surface area (Å²) in [6.45, 7) is 3.22. The van der Waals surface area contributed by atoms with Gasteiger partial charge in [-0.15, -0.1) is 0 Å². The number of hydrogen-bond acceptors (Lipinski definition) is 4. The number of H-pyrrole nitrogens is 1. The molecule has 1 N–H and O–H groups in total. The van der Waals surface area contributed by atoms with Gasteiger partial charge in [-0.1, -0.05) is 24.3 Å². The van der Waals surface area contributed by atoms with E-state index in [-0.39, 0.29) is 11.5 Å². The van der Waals surface area contributed by atoms with Crippen LogP contribution in [0.3, 0.4) is 0 Å². The lowest BCUT2D eigenvalue weighted by molar-refractivity contribution is 0.0722. The first-order chi connectivity index (χ1) is 13.6. The van der Waals surface area contributed by atoms with E-state index in [1.807, 2.05) is 23.1 Å². The number of fused-ring (bicyclic) bond motifs is 2. The average molecular weight is 378 g/mol. The average Bonchev–Trinajstić information content (AvgIpc) is 3.02. The molecule has 2 aromatic rings. The molecule has 5 rings (SSSR count). The lowest BCUT2D eigenvalue weighted by Gasteiger charge is -2.34. The minimum absolute atomic E-state index is 0.0463. The Hall–Kier alpha value is -2.60. The van der Waals surface area contributed by atoms with Gasteiger partial charge in [0.2, 0.25) is 0 Å². The third-order valence-corrected chi connectivity index (χ3v) is 6.25. The van der Waals surface area contributed by atoms with E-state index in [4.69, 9.17) is 4.74 Å². The van der Waals surface area contributed by atoms with E-state index in [0.717, 1.165) is 67.9 Å². The van der Waals surface area contributed by atoms with Gasteiger partial charge in [0, 0.05) is 55.8 Å². The molecule has 6 nitrogen and oxygen atoms in total. The number of rotatable bonds is 1. The highest BCUT2D eigenvalue weighted by Crippen LogP contribution is 2.37. The quantitative estimate of drug-likeness (QED) is 0.829. The summed E-state index contributed by atoms with van der Waals surface area (Å²) in [6.07, 6.45) is 7.92. The predicted molar refractivity (Wildman–Crippen MR) is 107 cm³/mol. The Kier molecular flexibility index (Phi) is 4.23. The van der Waals surface area contributed by atoms with E-state index in [2.05, 4.69) is 40.4 Å². The van der Waals surface area contributed by atoms with Crippen LogP contribution >= 0.6 is 0 Å². The first-order valence-electron chi connectivity index (χ1n) is 10.1. The minimum Gasteiger partial charge on any atom is -0.483 e. The smallest absolute Gasteiger partial charge is 0.274 e. The van der Waals surface area contributed by atoms with E-state index < -0.39 is 0 Å². The third kappa shape index (κ3) is 3.02. The number of carbonyl (C=O) groups is 1. The number of carbonyl (C=O) groups excluding carboxylic acids is 1. The number of likely N-dealkylation sites (N-methyl/N-ethyl adjacent to an activating group) is 1. The van der Waals surface area contributed by atoms with Crippen LogP contribution in [-0.2, 0) is 13.0 Å². The minimum atomic E-state index is -0.311. The molecule has 0 radical (unpaired) electrons. The molecule has 28 heavy (non-hydrogen) atoms. The summed E-state index contributed by atoms with van der Waals surface area (Å²) in [5.74, 6) is 0.985. The third-order valence-electron chi connectivity index (χ3n) is 6.25. The van der Waals surface area contributed by atoms with E-state index in [0.29, 0.717) is 12.2 Å². The van der Waals surface area contributed by atoms with Crippen molar-refractivity contribution in [3.8, 4) is 5.75 Å². The normalized spacial score (nSPS) is 24.4. The second kappa shape index (κ2) is 6.78. The van der Waals surface area contributed by atoms with Crippen molar-refractivity contribution in [3.05, 3.63) is 52.9 Å². The number of benzene rings is 1. The summed E-state index contributed by atoms with van der Waals surface area (Å²) in [4.78, 5) is 17.4. The second-order valence-corrected chi connectivity index (χ2v) is 8.20. The van der Waals surface area contributed by atoms with Crippen molar-refractivity contribution in [2.45, 2.75) is 37.8 Å². The fourth-order valence-corrected chi connectivity index (χ4v) is 4.56. The van der Waals surface area contributed by atoms with Gasteiger partial charge in [0.1, 0.15) is 11.4 Å². The molecule has 0 bridgehead atoms. The molecular formula is C22H26N4O2. The highest BCUT2D eigenvalue weighted by atomic mass is 16.5. The highest BCUT2D eigenvalue weighted by Gasteiger charge is 2.37. The Morgan fingerprint density at radius 3 is 3.04 bits per heavy atom. The SMILES string of the molecule is CN1CCc2[nH]nc(C(=O)N3CCC[C@]4(C=Cc5ccccc5O4)CC3)c2C1. The molecule has 0 unspecified atom stereocenters. The lowest BCUT2D eigenvalue weighted by Crippen LogP contribution is -2.38. The van der Waals surface area contributed by atoms with Gasteiger partial charge in [0.05, 0.1) is 0 Å². The van der Waals surface area contributed by atoms with Gasteiger partial charge >= 0.3 is 0 Å². The lowest BCUT2D eigenvalue weighted by atomic mass is 9.91. The Morgan fingerprint density at radius 1 is 1.21 bits per heavy atom. The maximum atomic E-state index is 13.2. The maximum absolute atomic E-state index is 13.2. The van der Waals surface area contributed by atoms with Gasteiger partial charge in [-0.2, -0.15) is 5.10 Å². The highest BCUT2D eigenvalue weighted by molar-refractivity contribution is 5.94. The van der Waals surface area contributed by atoms with Crippen LogP contribution in [0, 0.1) is 0 Å². The summed E-state index contributed by atoms with van der Waals surface area (Å²) in [5.41, 5.74) is 3.60. The van der Waals surface area contributed by atoms with Gasteiger partial charge in [-0.25, -0.2) is 0 Å². The second-order valence-electron chi connectivity index (χ2n) is 8.20. The molecule has 1 spiro atoms. The van der Waals surface area contributed by atoms with Gasteiger partial charge < -0.3 is 14.5 Å². The topological polar surface area (TPSA) is 61.5 Å². The summed E-state index contributed by atoms with van der Waals surface area (Å²) >= 11 is 0. The number of aromatic amines is 1. The Bertz CT molecular complexity index is 934. The standard InChI is InChI=1S/C22H26N4O2/c1-25-13-8-18-17(15-25)20(24-23-18)21(27)26-12-4-9-22(11-14-26)10-7-16-5-2-3-6-19(16)28-22/h2-3,5-7,10H,4,8-9,11-15H2,1H3,(H,23,24)/t22-/m0/s1. The van der Waals surface area contributed by atoms with Gasteiger partial charge in [-0.05, 0) is 32.0 Å². The van der Waals surface area contributed by atoms with E-state index >= 15 is 0 Å². The number of likely N-dealkylation sites (tertiary alicyclic amines) is 1. The van der Waals surface area contributed by atoms with Crippen LogP contribution in [0.5, 0.6) is 5.75 Å². The molecule has 6 heteroatoms. The molecule has 1 atom stereocenters. The summed E-state index contributed by atoms with van der Waals surface area (Å²) in [6, 6.07) is 8.14. The molecule has 4 heterocycles. The molecule has 0 aliphatic carbocycles. The molecular weight excluding hydrogens is 352 g/mol. The molecule has 3 aliphatic heterocycles. The van der Waals surface area contributed by atoms with E-state index in [1.54, 1.807) is 0 Å². The number of amides is 1. The van der Waals surface area contributed by atoms with Crippen LogP contribution in [0.25, 0.3) is 6.08 Å². The van der Waals surface area contributed by atoms with Crippen LogP contribution < -0.4 is 4.74 Å². The van der Waals surface area contributed by atoms with Crippen molar-refractivity contribution in [2.24, 2.45) is 0 Å². The monoisotopic (exact) mass is 378 g/mol. The zero-order chi connectivity index (χ0) is 19.1. The molecule has 1 fully saturated rings.